The van der Waals surface area contributed by atoms with Crippen LogP contribution >= 0.6 is 39.3 Å². The molecule has 0 bridgehead atoms. The summed E-state index contributed by atoms with van der Waals surface area (Å²) in [4.78, 5) is -3.75. The predicted octanol–water partition coefficient (Wildman–Crippen LogP) is 4.74. The third-order valence-electron chi connectivity index (χ3n) is 1.18. The molecule has 83 valence electrons. The summed E-state index contributed by atoms with van der Waals surface area (Å²) in [6.45, 7) is 1.95. The Balaban J connectivity index is 3.97. The van der Waals surface area contributed by atoms with Crippen LogP contribution in [-0.4, -0.2) is 15.7 Å². The van der Waals surface area contributed by atoms with Crippen LogP contribution in [0.15, 0.2) is 12.2 Å². The molecule has 0 aromatic rings. The second-order valence-electron chi connectivity index (χ2n) is 2.43. The maximum Gasteiger partial charge on any atom is 0.352 e. The summed E-state index contributed by atoms with van der Waals surface area (Å²) in [6, 6.07) is 0. The maximum absolute atomic E-state index is 13.0. The van der Waals surface area contributed by atoms with Gasteiger partial charge in [-0.1, -0.05) is 24.6 Å². The molecular weight excluding hydrogens is 301 g/mol. The van der Waals surface area contributed by atoms with Crippen molar-refractivity contribution in [2.24, 2.45) is 0 Å². The SMILES string of the molecule is CC[CH]SC/C=C/C(F)(Cl)C(F)(F)Br. The van der Waals surface area contributed by atoms with Crippen LogP contribution in [-0.2, 0) is 0 Å². The lowest BCUT2D eigenvalue weighted by Crippen LogP contribution is -2.31. The number of thioether (sulfide) groups is 1. The van der Waals surface area contributed by atoms with Gasteiger partial charge in [-0.3, -0.25) is 0 Å². The van der Waals surface area contributed by atoms with Gasteiger partial charge in [0.25, 0.3) is 5.13 Å². The summed E-state index contributed by atoms with van der Waals surface area (Å²) in [6.07, 6.45) is 2.80. The van der Waals surface area contributed by atoms with E-state index in [1.165, 1.54) is 17.8 Å². The lowest BCUT2D eigenvalue weighted by Gasteiger charge is -2.18. The van der Waals surface area contributed by atoms with E-state index in [-0.39, 0.29) is 0 Å². The molecule has 0 nitrogen and oxygen atoms in total. The van der Waals surface area contributed by atoms with Crippen molar-refractivity contribution in [3.05, 3.63) is 17.9 Å². The van der Waals surface area contributed by atoms with Gasteiger partial charge < -0.3 is 0 Å². The van der Waals surface area contributed by atoms with Crippen LogP contribution in [0.2, 0.25) is 0 Å². The van der Waals surface area contributed by atoms with E-state index in [0.717, 1.165) is 6.42 Å². The van der Waals surface area contributed by atoms with Crippen molar-refractivity contribution in [1.29, 1.82) is 0 Å². The molecule has 0 rings (SSSR count). The van der Waals surface area contributed by atoms with Gasteiger partial charge in [-0.2, -0.15) is 20.5 Å². The van der Waals surface area contributed by atoms with Crippen molar-refractivity contribution >= 4 is 39.3 Å². The first-order chi connectivity index (χ1) is 6.31. The predicted molar refractivity (Wildman–Crippen MR) is 59.8 cm³/mol. The highest BCUT2D eigenvalue weighted by Crippen LogP contribution is 2.42. The Bertz CT molecular complexity index is 192. The van der Waals surface area contributed by atoms with E-state index in [0.29, 0.717) is 11.8 Å². The number of alkyl halides is 5. The van der Waals surface area contributed by atoms with Crippen LogP contribution in [0.25, 0.3) is 0 Å². The van der Waals surface area contributed by atoms with Crippen LogP contribution in [0.4, 0.5) is 13.2 Å². The summed E-state index contributed by atoms with van der Waals surface area (Å²) in [7, 11) is 0. The minimum Gasteiger partial charge on any atom is -0.214 e. The third-order valence-corrected chi connectivity index (χ3v) is 3.30. The molecular formula is C8H10BrClF3S. The molecule has 1 unspecified atom stereocenters. The summed E-state index contributed by atoms with van der Waals surface area (Å²) >= 11 is 8.24. The van der Waals surface area contributed by atoms with Crippen LogP contribution in [0.3, 0.4) is 0 Å². The largest absolute Gasteiger partial charge is 0.352 e. The zero-order valence-corrected chi connectivity index (χ0v) is 10.6. The lowest BCUT2D eigenvalue weighted by atomic mass is 10.3. The maximum atomic E-state index is 13.0. The molecule has 0 aromatic carbocycles. The summed E-state index contributed by atoms with van der Waals surface area (Å²) in [5, 5.41) is -3.17. The quantitative estimate of drug-likeness (QED) is 0.388. The molecule has 14 heavy (non-hydrogen) atoms. The Labute approximate surface area is 99.4 Å². The minimum absolute atomic E-state index is 0.426. The first-order valence-electron chi connectivity index (χ1n) is 3.86. The van der Waals surface area contributed by atoms with Crippen LogP contribution < -0.4 is 0 Å². The molecule has 0 amide bonds. The molecule has 0 aromatic heterocycles. The van der Waals surface area contributed by atoms with Gasteiger partial charge in [-0.15, -0.1) is 0 Å². The molecule has 1 atom stereocenters. The van der Waals surface area contributed by atoms with E-state index in [2.05, 4.69) is 0 Å². The molecule has 0 heterocycles. The van der Waals surface area contributed by atoms with Gasteiger partial charge in [0.15, 0.2) is 0 Å². The Morgan fingerprint density at radius 2 is 2.00 bits per heavy atom. The van der Waals surface area contributed by atoms with E-state index < -0.39 is 9.96 Å². The van der Waals surface area contributed by atoms with Crippen molar-refractivity contribution in [3.63, 3.8) is 0 Å². The molecule has 0 saturated heterocycles. The smallest absolute Gasteiger partial charge is 0.214 e. The van der Waals surface area contributed by atoms with Gasteiger partial charge in [0.2, 0.25) is 0 Å². The number of hydrogen-bond donors (Lipinski definition) is 0. The zero-order valence-electron chi connectivity index (χ0n) is 7.44. The number of allylic oxidation sites excluding steroid dienone is 1. The molecule has 6 heteroatoms. The highest BCUT2D eigenvalue weighted by molar-refractivity contribution is 9.10. The van der Waals surface area contributed by atoms with E-state index in [9.17, 15) is 13.2 Å². The van der Waals surface area contributed by atoms with Crippen molar-refractivity contribution < 1.29 is 13.2 Å². The minimum atomic E-state index is -3.75. The standard InChI is InChI=1S/C8H10BrClF3S/c1-2-5-14-6-3-4-7(10,11)8(9,12)13/h3-5H,2,6H2,1H3/b4-3+. The van der Waals surface area contributed by atoms with Gasteiger partial charge in [0.05, 0.1) is 0 Å². The fourth-order valence-corrected chi connectivity index (χ4v) is 1.33. The molecule has 0 spiro atoms. The second-order valence-corrected chi connectivity index (χ2v) is 4.98. The number of rotatable bonds is 6. The molecule has 0 aliphatic carbocycles. The Hall–Kier alpha value is 0.650. The highest BCUT2D eigenvalue weighted by atomic mass is 79.9. The fraction of sp³-hybridized carbons (Fsp3) is 0.625. The van der Waals surface area contributed by atoms with Gasteiger partial charge in [0, 0.05) is 11.5 Å². The summed E-state index contributed by atoms with van der Waals surface area (Å²) in [5.74, 6) is 2.32. The third kappa shape index (κ3) is 5.51. The van der Waals surface area contributed by atoms with Crippen LogP contribution in [0.5, 0.6) is 0 Å². The number of halogens is 5. The second kappa shape index (κ2) is 6.28. The topological polar surface area (TPSA) is 0 Å². The van der Waals surface area contributed by atoms with Gasteiger partial charge in [-0.05, 0) is 28.4 Å². The van der Waals surface area contributed by atoms with Gasteiger partial charge in [-0.25, -0.2) is 4.39 Å². The molecule has 1 radical (unpaired) electrons. The number of hydrogen-bond acceptors (Lipinski definition) is 1. The molecule has 0 fully saturated rings. The molecule has 0 aliphatic heterocycles. The van der Waals surface area contributed by atoms with Crippen molar-refractivity contribution in [3.8, 4) is 0 Å². The molecule has 0 N–H and O–H groups in total. The highest BCUT2D eigenvalue weighted by Gasteiger charge is 2.49. The first-order valence-corrected chi connectivity index (χ1v) is 6.08. The molecule has 0 saturated carbocycles. The summed E-state index contributed by atoms with van der Waals surface area (Å²) in [5.41, 5.74) is 0. The van der Waals surface area contributed by atoms with Crippen molar-refractivity contribution in [2.75, 3.05) is 5.75 Å². The van der Waals surface area contributed by atoms with Gasteiger partial charge in [0.1, 0.15) is 0 Å². The van der Waals surface area contributed by atoms with E-state index in [4.69, 9.17) is 11.6 Å². The van der Waals surface area contributed by atoms with E-state index in [1.54, 1.807) is 0 Å². The fourth-order valence-electron chi connectivity index (χ4n) is 0.532. The van der Waals surface area contributed by atoms with E-state index >= 15 is 0 Å². The van der Waals surface area contributed by atoms with Gasteiger partial charge >= 0.3 is 4.83 Å². The Morgan fingerprint density at radius 1 is 1.43 bits per heavy atom. The van der Waals surface area contributed by atoms with Crippen LogP contribution in [0, 0.1) is 5.75 Å². The van der Waals surface area contributed by atoms with Crippen LogP contribution in [0.1, 0.15) is 13.3 Å². The first kappa shape index (κ1) is 14.6. The van der Waals surface area contributed by atoms with Crippen molar-refractivity contribution in [2.45, 2.75) is 23.3 Å². The average molecular weight is 311 g/mol. The average Bonchev–Trinajstić information content (AvgIpc) is 2.02. The van der Waals surface area contributed by atoms with E-state index in [1.807, 2.05) is 28.6 Å². The zero-order chi connectivity index (χ0) is 11.2. The van der Waals surface area contributed by atoms with Crippen molar-refractivity contribution in [1.82, 2.24) is 0 Å². The Morgan fingerprint density at radius 3 is 2.43 bits per heavy atom. The normalized spacial score (nSPS) is 17.3. The lowest BCUT2D eigenvalue weighted by molar-refractivity contribution is 0.0218. The molecule has 0 aliphatic rings. The summed E-state index contributed by atoms with van der Waals surface area (Å²) < 4.78 is 37.8. The monoisotopic (exact) mass is 309 g/mol. The Kier molecular flexibility index (Phi) is 6.57.